The van der Waals surface area contributed by atoms with Crippen molar-refractivity contribution in [3.05, 3.63) is 34.9 Å². The molecule has 2 heterocycles. The number of aliphatic imine (C=N–C) groups is 1. The Kier molecular flexibility index (Phi) is 6.25. The number of carbonyl (C=O) groups excluding carboxylic acids is 1. The fourth-order valence-electron chi connectivity index (χ4n) is 4.55. The molecule has 1 spiro atoms. The number of guanidine groups is 1. The first-order valence-electron chi connectivity index (χ1n) is 9.53. The topological polar surface area (TPSA) is 56.7 Å². The summed E-state index contributed by atoms with van der Waals surface area (Å²) < 4.78 is 0. The van der Waals surface area contributed by atoms with Crippen molar-refractivity contribution < 1.29 is 4.79 Å². The second kappa shape index (κ2) is 8.15. The molecule has 1 amide bonds. The fraction of sp³-hybridized carbons (Fsp3) is 0.600. The Bertz CT molecular complexity index is 736. The molecule has 2 aliphatic heterocycles. The molecule has 2 N–H and O–H groups in total. The van der Waals surface area contributed by atoms with Gasteiger partial charge in [0.15, 0.2) is 5.96 Å². The van der Waals surface area contributed by atoms with Crippen molar-refractivity contribution in [2.45, 2.75) is 37.5 Å². The molecule has 1 saturated carbocycles. The number of hydrogen-bond acceptors (Lipinski definition) is 2. The van der Waals surface area contributed by atoms with Gasteiger partial charge in [-0.15, -0.1) is 24.0 Å². The number of nitrogens with one attached hydrogen (secondary N) is 2. The maximum atomic E-state index is 11.7. The predicted octanol–water partition coefficient (Wildman–Crippen LogP) is 3.17. The van der Waals surface area contributed by atoms with E-state index in [4.69, 9.17) is 11.6 Å². The molecule has 7 heteroatoms. The quantitative estimate of drug-likeness (QED) is 0.379. The van der Waals surface area contributed by atoms with Gasteiger partial charge in [-0.2, -0.15) is 0 Å². The standard InChI is InChI=1S/C20H27ClN4O.HI/c1-22-18(25-9-3-6-19(14-25)11-17(26)23-12-19)24-13-20(7-8-20)15-4-2-5-16(21)10-15;/h2,4-5,10H,3,6-9,11-14H2,1H3,(H,22,24)(H,23,26);1H. The third-order valence-electron chi connectivity index (χ3n) is 6.24. The molecule has 27 heavy (non-hydrogen) atoms. The van der Waals surface area contributed by atoms with Gasteiger partial charge in [-0.3, -0.25) is 9.79 Å². The molecule has 4 rings (SSSR count). The van der Waals surface area contributed by atoms with Gasteiger partial charge >= 0.3 is 0 Å². The predicted molar refractivity (Wildman–Crippen MR) is 120 cm³/mol. The van der Waals surface area contributed by atoms with E-state index in [9.17, 15) is 4.79 Å². The lowest BCUT2D eigenvalue weighted by Gasteiger charge is -2.41. The summed E-state index contributed by atoms with van der Waals surface area (Å²) in [7, 11) is 1.85. The largest absolute Gasteiger partial charge is 0.355 e. The highest BCUT2D eigenvalue weighted by atomic mass is 127. The van der Waals surface area contributed by atoms with Crippen LogP contribution in [0.1, 0.15) is 37.7 Å². The first kappa shape index (κ1) is 20.7. The lowest BCUT2D eigenvalue weighted by Crippen LogP contribution is -2.52. The Morgan fingerprint density at radius 2 is 2.19 bits per heavy atom. The van der Waals surface area contributed by atoms with Crippen molar-refractivity contribution in [3.8, 4) is 0 Å². The van der Waals surface area contributed by atoms with Gasteiger partial charge in [0.1, 0.15) is 0 Å². The van der Waals surface area contributed by atoms with Crippen molar-refractivity contribution in [3.63, 3.8) is 0 Å². The van der Waals surface area contributed by atoms with Gasteiger partial charge in [0.2, 0.25) is 5.91 Å². The Balaban J connectivity index is 0.00000210. The van der Waals surface area contributed by atoms with E-state index < -0.39 is 0 Å². The van der Waals surface area contributed by atoms with Gasteiger partial charge in [-0.25, -0.2) is 0 Å². The third kappa shape index (κ3) is 4.36. The van der Waals surface area contributed by atoms with E-state index in [2.05, 4.69) is 32.7 Å². The van der Waals surface area contributed by atoms with Gasteiger partial charge in [0.05, 0.1) is 0 Å². The van der Waals surface area contributed by atoms with Crippen LogP contribution in [-0.2, 0) is 10.2 Å². The van der Waals surface area contributed by atoms with Gasteiger partial charge < -0.3 is 15.5 Å². The molecule has 5 nitrogen and oxygen atoms in total. The highest BCUT2D eigenvalue weighted by molar-refractivity contribution is 14.0. The molecule has 1 atom stereocenters. The smallest absolute Gasteiger partial charge is 0.220 e. The zero-order valence-corrected chi connectivity index (χ0v) is 18.8. The molecular formula is C20H28ClIN4O. The zero-order chi connectivity index (χ0) is 18.2. The molecule has 1 aliphatic carbocycles. The maximum Gasteiger partial charge on any atom is 0.220 e. The van der Waals surface area contributed by atoms with Crippen LogP contribution in [0.4, 0.5) is 0 Å². The van der Waals surface area contributed by atoms with Crippen LogP contribution in [0, 0.1) is 5.41 Å². The minimum Gasteiger partial charge on any atom is -0.355 e. The molecule has 0 aromatic heterocycles. The lowest BCUT2D eigenvalue weighted by molar-refractivity contribution is -0.119. The average Bonchev–Trinajstić information content (AvgIpc) is 3.35. The summed E-state index contributed by atoms with van der Waals surface area (Å²) in [6.07, 6.45) is 5.23. The van der Waals surface area contributed by atoms with Crippen LogP contribution in [0.15, 0.2) is 29.3 Å². The van der Waals surface area contributed by atoms with Crippen LogP contribution < -0.4 is 10.6 Å². The van der Waals surface area contributed by atoms with Crippen molar-refractivity contribution >= 4 is 47.4 Å². The van der Waals surface area contributed by atoms with Crippen LogP contribution in [0.2, 0.25) is 5.02 Å². The van der Waals surface area contributed by atoms with Crippen LogP contribution in [0.25, 0.3) is 0 Å². The number of likely N-dealkylation sites (tertiary alicyclic amines) is 1. The number of halogens is 2. The summed E-state index contributed by atoms with van der Waals surface area (Å²) in [5.74, 6) is 1.14. The summed E-state index contributed by atoms with van der Waals surface area (Å²) in [6.45, 7) is 3.57. The molecule has 1 aromatic rings. The number of piperidine rings is 1. The van der Waals surface area contributed by atoms with E-state index in [1.807, 2.05) is 19.2 Å². The van der Waals surface area contributed by atoms with Crippen LogP contribution >= 0.6 is 35.6 Å². The monoisotopic (exact) mass is 502 g/mol. The van der Waals surface area contributed by atoms with E-state index in [0.29, 0.717) is 6.42 Å². The van der Waals surface area contributed by atoms with E-state index in [1.165, 1.54) is 18.4 Å². The Morgan fingerprint density at radius 1 is 1.37 bits per heavy atom. The maximum absolute atomic E-state index is 11.7. The Labute approximate surface area is 183 Å². The lowest BCUT2D eigenvalue weighted by atomic mass is 9.79. The molecule has 0 bridgehead atoms. The highest BCUT2D eigenvalue weighted by Gasteiger charge is 2.45. The Hall–Kier alpha value is -1.02. The number of carbonyl (C=O) groups is 1. The van der Waals surface area contributed by atoms with E-state index in [0.717, 1.165) is 50.0 Å². The second-order valence-corrected chi connectivity index (χ2v) is 8.61. The summed E-state index contributed by atoms with van der Waals surface area (Å²) in [5.41, 5.74) is 1.57. The van der Waals surface area contributed by atoms with Crippen LogP contribution in [0.3, 0.4) is 0 Å². The molecule has 3 aliphatic rings. The molecular weight excluding hydrogens is 475 g/mol. The molecule has 2 saturated heterocycles. The number of hydrogen-bond donors (Lipinski definition) is 2. The molecule has 1 aromatic carbocycles. The number of nitrogens with zero attached hydrogens (tertiary/aromatic N) is 2. The van der Waals surface area contributed by atoms with E-state index in [-0.39, 0.29) is 40.7 Å². The summed E-state index contributed by atoms with van der Waals surface area (Å²) in [6, 6.07) is 8.22. The zero-order valence-electron chi connectivity index (χ0n) is 15.8. The van der Waals surface area contributed by atoms with Crippen molar-refractivity contribution in [2.24, 2.45) is 10.4 Å². The first-order chi connectivity index (χ1) is 12.5. The minimum absolute atomic E-state index is 0. The van der Waals surface area contributed by atoms with E-state index >= 15 is 0 Å². The fourth-order valence-corrected chi connectivity index (χ4v) is 4.74. The summed E-state index contributed by atoms with van der Waals surface area (Å²) in [4.78, 5) is 18.6. The average molecular weight is 503 g/mol. The van der Waals surface area contributed by atoms with Gasteiger partial charge in [0.25, 0.3) is 0 Å². The van der Waals surface area contributed by atoms with Gasteiger partial charge in [-0.1, -0.05) is 23.7 Å². The van der Waals surface area contributed by atoms with Crippen LogP contribution in [-0.4, -0.2) is 50.0 Å². The summed E-state index contributed by atoms with van der Waals surface area (Å²) in [5, 5.41) is 7.42. The molecule has 0 radical (unpaired) electrons. The van der Waals surface area contributed by atoms with Crippen LogP contribution in [0.5, 0.6) is 0 Å². The molecule has 148 valence electrons. The number of rotatable bonds is 3. The van der Waals surface area contributed by atoms with Crippen molar-refractivity contribution in [1.82, 2.24) is 15.5 Å². The molecule has 3 fully saturated rings. The second-order valence-electron chi connectivity index (χ2n) is 8.17. The summed E-state index contributed by atoms with van der Waals surface area (Å²) >= 11 is 6.19. The highest BCUT2D eigenvalue weighted by Crippen LogP contribution is 2.48. The normalized spacial score (nSPS) is 26.5. The van der Waals surface area contributed by atoms with E-state index in [1.54, 1.807) is 0 Å². The third-order valence-corrected chi connectivity index (χ3v) is 6.48. The van der Waals surface area contributed by atoms with Crippen molar-refractivity contribution in [1.29, 1.82) is 0 Å². The number of benzene rings is 1. The SMILES string of the molecule is CN=C(NCC1(c2cccc(Cl)c2)CC1)N1CCCC2(CNC(=O)C2)C1.I. The Morgan fingerprint density at radius 3 is 2.81 bits per heavy atom. The first-order valence-corrected chi connectivity index (χ1v) is 9.90. The number of amides is 1. The van der Waals surface area contributed by atoms with Gasteiger partial charge in [-0.05, 0) is 43.4 Å². The molecule has 1 unspecified atom stereocenters. The minimum atomic E-state index is 0. The van der Waals surface area contributed by atoms with Gasteiger partial charge in [0, 0.05) is 55.5 Å². The van der Waals surface area contributed by atoms with Crippen molar-refractivity contribution in [2.75, 3.05) is 33.2 Å².